The number of fused-ring (bicyclic) bond motifs is 1. The standard InChI is InChI=1S/C21H29N3/c1-21(2,3)20-15(13-23-24-20)12-22-19-17-11-7-10-16(17)18(19)14-8-5-4-6-9-14/h4-6,8-9,13,16-19,22H,7,10-12H2,1-3H3,(H,23,24)/t16-,17+,18-,19-/m1/s1. The van der Waals surface area contributed by atoms with Gasteiger partial charge in [-0.25, -0.2) is 0 Å². The Morgan fingerprint density at radius 2 is 1.88 bits per heavy atom. The van der Waals surface area contributed by atoms with Gasteiger partial charge in [0, 0.05) is 35.2 Å². The number of aromatic amines is 1. The van der Waals surface area contributed by atoms with Gasteiger partial charge >= 0.3 is 0 Å². The minimum atomic E-state index is 0.113. The third-order valence-electron chi connectivity index (χ3n) is 6.11. The van der Waals surface area contributed by atoms with Crippen LogP contribution in [0.1, 0.15) is 62.8 Å². The van der Waals surface area contributed by atoms with E-state index in [1.807, 2.05) is 6.20 Å². The van der Waals surface area contributed by atoms with E-state index in [1.54, 1.807) is 0 Å². The Morgan fingerprint density at radius 3 is 2.62 bits per heavy atom. The Balaban J connectivity index is 1.50. The van der Waals surface area contributed by atoms with E-state index in [0.717, 1.165) is 18.4 Å². The highest BCUT2D eigenvalue weighted by Crippen LogP contribution is 2.56. The van der Waals surface area contributed by atoms with Crippen LogP contribution in [0, 0.1) is 11.8 Å². The van der Waals surface area contributed by atoms with Crippen molar-refractivity contribution in [2.24, 2.45) is 11.8 Å². The monoisotopic (exact) mass is 323 g/mol. The molecule has 24 heavy (non-hydrogen) atoms. The maximum atomic E-state index is 4.29. The topological polar surface area (TPSA) is 40.7 Å². The zero-order valence-electron chi connectivity index (χ0n) is 15.0. The van der Waals surface area contributed by atoms with E-state index in [-0.39, 0.29) is 5.41 Å². The van der Waals surface area contributed by atoms with Gasteiger partial charge in [-0.3, -0.25) is 5.10 Å². The van der Waals surface area contributed by atoms with Gasteiger partial charge in [0.1, 0.15) is 0 Å². The van der Waals surface area contributed by atoms with Crippen LogP contribution in [0.2, 0.25) is 0 Å². The van der Waals surface area contributed by atoms with Crippen LogP contribution >= 0.6 is 0 Å². The molecule has 1 heterocycles. The predicted molar refractivity (Wildman–Crippen MR) is 97.9 cm³/mol. The highest BCUT2D eigenvalue weighted by molar-refractivity contribution is 5.29. The molecular formula is C21H29N3. The maximum Gasteiger partial charge on any atom is 0.0535 e. The lowest BCUT2D eigenvalue weighted by Gasteiger charge is -2.50. The van der Waals surface area contributed by atoms with Crippen molar-refractivity contribution in [2.75, 3.05) is 0 Å². The third-order valence-corrected chi connectivity index (χ3v) is 6.11. The van der Waals surface area contributed by atoms with E-state index in [4.69, 9.17) is 0 Å². The summed E-state index contributed by atoms with van der Waals surface area (Å²) in [6.45, 7) is 7.65. The van der Waals surface area contributed by atoms with Gasteiger partial charge in [0.05, 0.1) is 6.20 Å². The Bertz CT molecular complexity index is 683. The lowest BCUT2D eigenvalue weighted by molar-refractivity contribution is 0.0939. The van der Waals surface area contributed by atoms with Crippen LogP contribution < -0.4 is 5.32 Å². The number of hydrogen-bond acceptors (Lipinski definition) is 2. The average molecular weight is 323 g/mol. The summed E-state index contributed by atoms with van der Waals surface area (Å²) in [5.41, 5.74) is 4.20. The first kappa shape index (κ1) is 15.9. The summed E-state index contributed by atoms with van der Waals surface area (Å²) < 4.78 is 0. The molecular weight excluding hydrogens is 294 g/mol. The Morgan fingerprint density at radius 1 is 1.12 bits per heavy atom. The molecule has 0 aliphatic heterocycles. The van der Waals surface area contributed by atoms with Gasteiger partial charge in [-0.15, -0.1) is 0 Å². The fourth-order valence-electron chi connectivity index (χ4n) is 5.03. The quantitative estimate of drug-likeness (QED) is 0.876. The number of H-pyrrole nitrogens is 1. The second-order valence-electron chi connectivity index (χ2n) is 8.62. The summed E-state index contributed by atoms with van der Waals surface area (Å²) in [4.78, 5) is 0. The molecule has 0 spiro atoms. The van der Waals surface area contributed by atoms with Crippen molar-refractivity contribution in [3.63, 3.8) is 0 Å². The SMILES string of the molecule is CC(C)(C)c1[nH]ncc1CN[C@@H]1[C@H]2CCC[C@H]2[C@H]1c1ccccc1. The van der Waals surface area contributed by atoms with E-state index in [1.165, 1.54) is 36.1 Å². The molecule has 0 unspecified atom stereocenters. The molecule has 4 rings (SSSR count). The maximum absolute atomic E-state index is 4.29. The highest BCUT2D eigenvalue weighted by Gasteiger charge is 2.52. The summed E-state index contributed by atoms with van der Waals surface area (Å²) in [5, 5.41) is 11.4. The molecule has 128 valence electrons. The summed E-state index contributed by atoms with van der Waals surface area (Å²) in [6, 6.07) is 11.7. The Hall–Kier alpha value is -1.61. The van der Waals surface area contributed by atoms with Crippen molar-refractivity contribution in [3.05, 3.63) is 53.3 Å². The van der Waals surface area contributed by atoms with Crippen molar-refractivity contribution in [1.29, 1.82) is 0 Å². The van der Waals surface area contributed by atoms with Crippen LogP contribution in [0.25, 0.3) is 0 Å². The molecule has 3 heteroatoms. The molecule has 4 atom stereocenters. The van der Waals surface area contributed by atoms with Gasteiger partial charge in [-0.05, 0) is 30.2 Å². The molecule has 2 aromatic rings. The van der Waals surface area contributed by atoms with Gasteiger partial charge in [-0.1, -0.05) is 57.5 Å². The molecule has 3 nitrogen and oxygen atoms in total. The average Bonchev–Trinajstić information content (AvgIpc) is 3.16. The first-order chi connectivity index (χ1) is 11.6. The molecule has 2 aliphatic carbocycles. The smallest absolute Gasteiger partial charge is 0.0535 e. The molecule has 0 radical (unpaired) electrons. The van der Waals surface area contributed by atoms with E-state index in [2.05, 4.69) is 66.6 Å². The summed E-state index contributed by atoms with van der Waals surface area (Å²) >= 11 is 0. The molecule has 2 fully saturated rings. The fraction of sp³-hybridized carbons (Fsp3) is 0.571. The minimum absolute atomic E-state index is 0.113. The zero-order chi connectivity index (χ0) is 16.7. The molecule has 2 aliphatic rings. The molecule has 1 aromatic heterocycles. The normalized spacial score (nSPS) is 29.3. The zero-order valence-corrected chi connectivity index (χ0v) is 15.0. The van der Waals surface area contributed by atoms with E-state index in [9.17, 15) is 0 Å². The highest BCUT2D eigenvalue weighted by atomic mass is 15.1. The molecule has 1 aromatic carbocycles. The number of nitrogens with zero attached hydrogens (tertiary/aromatic N) is 1. The van der Waals surface area contributed by atoms with Crippen LogP contribution in [0.3, 0.4) is 0 Å². The van der Waals surface area contributed by atoms with Gasteiger partial charge in [0.15, 0.2) is 0 Å². The van der Waals surface area contributed by atoms with Gasteiger partial charge in [0.2, 0.25) is 0 Å². The summed E-state index contributed by atoms with van der Waals surface area (Å²) in [5.74, 6) is 2.43. The van der Waals surface area contributed by atoms with Crippen molar-refractivity contribution in [1.82, 2.24) is 15.5 Å². The first-order valence-corrected chi connectivity index (χ1v) is 9.37. The molecule has 0 amide bonds. The second kappa shape index (κ2) is 6.03. The van der Waals surface area contributed by atoms with Gasteiger partial charge < -0.3 is 5.32 Å². The molecule has 2 N–H and O–H groups in total. The Kier molecular flexibility index (Phi) is 4.00. The number of nitrogens with one attached hydrogen (secondary N) is 2. The number of benzene rings is 1. The van der Waals surface area contributed by atoms with Crippen LogP contribution in [0.15, 0.2) is 36.5 Å². The van der Waals surface area contributed by atoms with Crippen LogP contribution in [-0.4, -0.2) is 16.2 Å². The van der Waals surface area contributed by atoms with Crippen molar-refractivity contribution < 1.29 is 0 Å². The second-order valence-corrected chi connectivity index (χ2v) is 8.62. The molecule has 0 bridgehead atoms. The van der Waals surface area contributed by atoms with Crippen molar-refractivity contribution in [2.45, 2.75) is 64.0 Å². The fourth-order valence-corrected chi connectivity index (χ4v) is 5.03. The largest absolute Gasteiger partial charge is 0.309 e. The number of hydrogen-bond donors (Lipinski definition) is 2. The first-order valence-electron chi connectivity index (χ1n) is 9.37. The van der Waals surface area contributed by atoms with Gasteiger partial charge in [0.25, 0.3) is 0 Å². The summed E-state index contributed by atoms with van der Waals surface area (Å²) in [6.07, 6.45) is 6.19. The minimum Gasteiger partial charge on any atom is -0.309 e. The number of rotatable bonds is 4. The molecule has 2 saturated carbocycles. The lowest BCUT2D eigenvalue weighted by atomic mass is 9.60. The summed E-state index contributed by atoms with van der Waals surface area (Å²) in [7, 11) is 0. The van der Waals surface area contributed by atoms with Crippen LogP contribution in [0.4, 0.5) is 0 Å². The van der Waals surface area contributed by atoms with E-state index >= 15 is 0 Å². The number of aromatic nitrogens is 2. The van der Waals surface area contributed by atoms with Crippen LogP contribution in [-0.2, 0) is 12.0 Å². The molecule has 0 saturated heterocycles. The van der Waals surface area contributed by atoms with E-state index < -0.39 is 0 Å². The van der Waals surface area contributed by atoms with E-state index in [0.29, 0.717) is 12.0 Å². The van der Waals surface area contributed by atoms with Crippen molar-refractivity contribution >= 4 is 0 Å². The van der Waals surface area contributed by atoms with Gasteiger partial charge in [-0.2, -0.15) is 5.10 Å². The Labute approximate surface area is 145 Å². The van der Waals surface area contributed by atoms with Crippen LogP contribution in [0.5, 0.6) is 0 Å². The third kappa shape index (κ3) is 2.69. The lowest BCUT2D eigenvalue weighted by Crippen LogP contribution is -2.54. The van der Waals surface area contributed by atoms with Crippen molar-refractivity contribution in [3.8, 4) is 0 Å². The predicted octanol–water partition coefficient (Wildman–Crippen LogP) is 4.38.